The summed E-state index contributed by atoms with van der Waals surface area (Å²) in [6, 6.07) is 2.02. The summed E-state index contributed by atoms with van der Waals surface area (Å²) < 4.78 is 4.97. The summed E-state index contributed by atoms with van der Waals surface area (Å²) >= 11 is 0. The van der Waals surface area contributed by atoms with Crippen molar-refractivity contribution in [2.24, 2.45) is 0 Å². The smallest absolute Gasteiger partial charge is 0.329 e. The number of nitro groups is 1. The molecule has 0 bridgehead atoms. The molecular formula is C17H20N6O4. The molecule has 10 heteroatoms. The van der Waals surface area contributed by atoms with Crippen LogP contribution in [0.3, 0.4) is 0 Å². The number of anilines is 2. The van der Waals surface area contributed by atoms with Crippen LogP contribution in [0.15, 0.2) is 29.2 Å². The van der Waals surface area contributed by atoms with Crippen molar-refractivity contribution >= 4 is 23.4 Å². The first kappa shape index (κ1) is 17.3. The van der Waals surface area contributed by atoms with Crippen LogP contribution in [0, 0.1) is 10.1 Å². The van der Waals surface area contributed by atoms with Crippen LogP contribution in [-0.2, 0) is 0 Å². The molecule has 0 radical (unpaired) electrons. The van der Waals surface area contributed by atoms with E-state index in [4.69, 9.17) is 4.42 Å². The molecule has 10 nitrogen and oxygen atoms in total. The molecule has 1 amide bonds. The summed E-state index contributed by atoms with van der Waals surface area (Å²) in [5.74, 6) is 0.584. The van der Waals surface area contributed by atoms with Crippen molar-refractivity contribution in [2.75, 3.05) is 23.7 Å². The zero-order valence-corrected chi connectivity index (χ0v) is 14.6. The molecule has 3 heterocycles. The van der Waals surface area contributed by atoms with Gasteiger partial charge in [-0.1, -0.05) is 0 Å². The van der Waals surface area contributed by atoms with Crippen LogP contribution in [-0.4, -0.2) is 50.9 Å². The molecule has 0 unspecified atom stereocenters. The Labute approximate surface area is 155 Å². The number of nitrogens with zero attached hydrogens (tertiary/aromatic N) is 4. The fourth-order valence-corrected chi connectivity index (χ4v) is 3.08. The predicted molar refractivity (Wildman–Crippen MR) is 96.6 cm³/mol. The minimum absolute atomic E-state index is 0.0373. The summed E-state index contributed by atoms with van der Waals surface area (Å²) in [5, 5.41) is 17.5. The first-order valence-corrected chi connectivity index (χ1v) is 8.96. The second-order valence-corrected chi connectivity index (χ2v) is 6.83. The van der Waals surface area contributed by atoms with Crippen molar-refractivity contribution < 1.29 is 14.1 Å². The number of furan rings is 1. The van der Waals surface area contributed by atoms with Crippen LogP contribution < -0.4 is 10.6 Å². The van der Waals surface area contributed by atoms with E-state index >= 15 is 0 Å². The van der Waals surface area contributed by atoms with Crippen molar-refractivity contribution in [3.63, 3.8) is 0 Å². The highest BCUT2D eigenvalue weighted by Crippen LogP contribution is 2.29. The third kappa shape index (κ3) is 3.99. The number of aromatic nitrogens is 2. The van der Waals surface area contributed by atoms with Gasteiger partial charge in [-0.15, -0.1) is 0 Å². The lowest BCUT2D eigenvalue weighted by atomic mass is 10.0. The Kier molecular flexibility index (Phi) is 4.61. The molecule has 2 aromatic heterocycles. The molecule has 0 spiro atoms. The van der Waals surface area contributed by atoms with Gasteiger partial charge in [-0.05, 0) is 31.7 Å². The van der Waals surface area contributed by atoms with E-state index in [1.165, 1.54) is 18.7 Å². The molecule has 0 aromatic carbocycles. The summed E-state index contributed by atoms with van der Waals surface area (Å²) in [7, 11) is 0. The van der Waals surface area contributed by atoms with Gasteiger partial charge >= 0.3 is 5.69 Å². The third-order valence-corrected chi connectivity index (χ3v) is 4.77. The van der Waals surface area contributed by atoms with Crippen LogP contribution in [0.25, 0.3) is 0 Å². The summed E-state index contributed by atoms with van der Waals surface area (Å²) in [4.78, 5) is 33.2. The van der Waals surface area contributed by atoms with Crippen LogP contribution in [0.4, 0.5) is 17.5 Å². The number of likely N-dealkylation sites (tertiary alicyclic amines) is 1. The normalized spacial score (nSPS) is 17.6. The zero-order chi connectivity index (χ0) is 18.8. The molecule has 1 saturated heterocycles. The Hall–Kier alpha value is -3.17. The monoisotopic (exact) mass is 372 g/mol. The van der Waals surface area contributed by atoms with E-state index in [0.29, 0.717) is 24.6 Å². The molecule has 1 aliphatic carbocycles. The van der Waals surface area contributed by atoms with E-state index in [0.717, 1.165) is 25.7 Å². The van der Waals surface area contributed by atoms with E-state index < -0.39 is 4.92 Å². The Morgan fingerprint density at radius 1 is 1.22 bits per heavy atom. The quantitative estimate of drug-likeness (QED) is 0.584. The topological polar surface area (TPSA) is 126 Å². The number of carbonyl (C=O) groups excluding carboxylic acids is 1. The lowest BCUT2D eigenvalue weighted by Gasteiger charge is -2.32. The molecule has 1 aliphatic heterocycles. The highest BCUT2D eigenvalue weighted by Gasteiger charge is 2.28. The Morgan fingerprint density at radius 3 is 2.59 bits per heavy atom. The average Bonchev–Trinajstić information content (AvgIpc) is 3.31. The van der Waals surface area contributed by atoms with E-state index in [9.17, 15) is 14.9 Å². The van der Waals surface area contributed by atoms with Gasteiger partial charge in [0.1, 0.15) is 12.5 Å². The molecule has 2 aromatic rings. The third-order valence-electron chi connectivity index (χ3n) is 4.77. The number of nitrogens with one attached hydrogen (secondary N) is 2. The van der Waals surface area contributed by atoms with Crippen LogP contribution in [0.2, 0.25) is 0 Å². The SMILES string of the molecule is O=C(c1ccoc1)N1CCC(Nc2ncc([N+](=O)[O-])c(NC3CC3)n2)CC1. The predicted octanol–water partition coefficient (Wildman–Crippen LogP) is 2.27. The Bertz CT molecular complexity index is 828. The highest BCUT2D eigenvalue weighted by atomic mass is 16.6. The number of hydrogen-bond acceptors (Lipinski definition) is 8. The maximum atomic E-state index is 12.3. The molecule has 1 saturated carbocycles. The van der Waals surface area contributed by atoms with Crippen molar-refractivity contribution in [3.05, 3.63) is 40.5 Å². The Morgan fingerprint density at radius 2 is 1.96 bits per heavy atom. The number of amides is 1. The maximum absolute atomic E-state index is 12.3. The number of piperidine rings is 1. The van der Waals surface area contributed by atoms with E-state index in [2.05, 4.69) is 20.6 Å². The van der Waals surface area contributed by atoms with Crippen LogP contribution in [0.5, 0.6) is 0 Å². The lowest BCUT2D eigenvalue weighted by Crippen LogP contribution is -2.42. The van der Waals surface area contributed by atoms with E-state index in [1.807, 2.05) is 0 Å². The zero-order valence-electron chi connectivity index (χ0n) is 14.6. The van der Waals surface area contributed by atoms with Gasteiger partial charge in [-0.2, -0.15) is 4.98 Å². The molecule has 4 rings (SSSR count). The molecule has 2 N–H and O–H groups in total. The molecule has 2 aliphatic rings. The minimum atomic E-state index is -0.478. The molecular weight excluding hydrogens is 352 g/mol. The summed E-state index contributed by atoms with van der Waals surface area (Å²) in [6.45, 7) is 1.23. The van der Waals surface area contributed by atoms with Gasteiger partial charge in [0.25, 0.3) is 5.91 Å². The average molecular weight is 372 g/mol. The fraction of sp³-hybridized carbons (Fsp3) is 0.471. The first-order chi connectivity index (χ1) is 13.1. The molecule has 0 atom stereocenters. The van der Waals surface area contributed by atoms with Gasteiger partial charge < -0.3 is 20.0 Å². The van der Waals surface area contributed by atoms with Gasteiger partial charge in [0, 0.05) is 25.2 Å². The molecule has 27 heavy (non-hydrogen) atoms. The van der Waals surface area contributed by atoms with Gasteiger partial charge in [-0.3, -0.25) is 14.9 Å². The number of hydrogen-bond donors (Lipinski definition) is 2. The van der Waals surface area contributed by atoms with E-state index in [-0.39, 0.29) is 29.5 Å². The van der Waals surface area contributed by atoms with Gasteiger partial charge in [-0.25, -0.2) is 4.98 Å². The molecule has 2 fully saturated rings. The standard InChI is InChI=1S/C17H20N6O4/c24-16(11-5-8-27-10-11)22-6-3-13(4-7-22)20-17-18-9-14(23(25)26)15(21-17)19-12-1-2-12/h5,8-10,12-13H,1-4,6-7H2,(H2,18,19,20,21). The van der Waals surface area contributed by atoms with Crippen molar-refractivity contribution in [1.82, 2.24) is 14.9 Å². The Balaban J connectivity index is 1.37. The first-order valence-electron chi connectivity index (χ1n) is 8.96. The maximum Gasteiger partial charge on any atom is 0.329 e. The van der Waals surface area contributed by atoms with Crippen molar-refractivity contribution in [3.8, 4) is 0 Å². The molecule has 142 valence electrons. The minimum Gasteiger partial charge on any atom is -0.472 e. The fourth-order valence-electron chi connectivity index (χ4n) is 3.08. The lowest BCUT2D eigenvalue weighted by molar-refractivity contribution is -0.384. The summed E-state index contributed by atoms with van der Waals surface area (Å²) in [5.41, 5.74) is 0.434. The van der Waals surface area contributed by atoms with Gasteiger partial charge in [0.15, 0.2) is 0 Å². The van der Waals surface area contributed by atoms with E-state index in [1.54, 1.807) is 11.0 Å². The largest absolute Gasteiger partial charge is 0.472 e. The number of rotatable bonds is 6. The second-order valence-electron chi connectivity index (χ2n) is 6.83. The van der Waals surface area contributed by atoms with Crippen molar-refractivity contribution in [1.29, 1.82) is 0 Å². The summed E-state index contributed by atoms with van der Waals surface area (Å²) in [6.07, 6.45) is 7.65. The van der Waals surface area contributed by atoms with Gasteiger partial charge in [0.05, 0.1) is 16.7 Å². The number of carbonyl (C=O) groups is 1. The van der Waals surface area contributed by atoms with Crippen LogP contribution in [0.1, 0.15) is 36.0 Å². The second kappa shape index (κ2) is 7.22. The van der Waals surface area contributed by atoms with Crippen molar-refractivity contribution in [2.45, 2.75) is 37.8 Å². The highest BCUT2D eigenvalue weighted by molar-refractivity contribution is 5.93. The van der Waals surface area contributed by atoms with Gasteiger partial charge in [0.2, 0.25) is 11.8 Å². The van der Waals surface area contributed by atoms with Crippen LogP contribution >= 0.6 is 0 Å².